The molecule has 0 fully saturated rings. The number of aliphatic carboxylic acids is 1. The van der Waals surface area contributed by atoms with Crippen molar-refractivity contribution in [2.75, 3.05) is 5.32 Å². The number of carbonyl (C=O) groups is 1. The summed E-state index contributed by atoms with van der Waals surface area (Å²) in [7, 11) is 0. The van der Waals surface area contributed by atoms with Crippen LogP contribution in [0.3, 0.4) is 0 Å². The second kappa shape index (κ2) is 6.53. The molecule has 0 aliphatic carbocycles. The normalized spacial score (nSPS) is 9.90. The number of nitrogens with zero attached hydrogens (tertiary/aromatic N) is 2. The molecule has 0 unspecified atom stereocenters. The maximum Gasteiger partial charge on any atom is 0.307 e. The number of benzene rings is 1. The molecule has 1 heterocycles. The van der Waals surface area contributed by atoms with E-state index < -0.39 is 5.97 Å². The summed E-state index contributed by atoms with van der Waals surface area (Å²) in [5.74, 6) is -0.250. The van der Waals surface area contributed by atoms with Crippen LogP contribution < -0.4 is 5.32 Å². The number of aryl methyl sites for hydroxylation is 1. The van der Waals surface area contributed by atoms with Gasteiger partial charge in [0.1, 0.15) is 5.82 Å². The van der Waals surface area contributed by atoms with Gasteiger partial charge in [0.15, 0.2) is 0 Å². The Labute approximate surface area is 122 Å². The second-order valence-electron chi connectivity index (χ2n) is 4.69. The fourth-order valence-electron chi connectivity index (χ4n) is 2.07. The van der Waals surface area contributed by atoms with E-state index in [4.69, 9.17) is 10.4 Å². The summed E-state index contributed by atoms with van der Waals surface area (Å²) < 4.78 is 0. The number of pyridine rings is 1. The molecule has 5 heteroatoms. The molecule has 0 aliphatic heterocycles. The van der Waals surface area contributed by atoms with Crippen molar-refractivity contribution in [2.24, 2.45) is 0 Å². The molecule has 0 amide bonds. The van der Waals surface area contributed by atoms with Crippen LogP contribution in [0.1, 0.15) is 22.4 Å². The van der Waals surface area contributed by atoms with Crippen molar-refractivity contribution in [3.05, 3.63) is 58.8 Å². The van der Waals surface area contributed by atoms with E-state index in [0.717, 1.165) is 16.8 Å². The summed E-state index contributed by atoms with van der Waals surface area (Å²) in [5, 5.41) is 21.0. The van der Waals surface area contributed by atoms with E-state index in [1.54, 1.807) is 18.2 Å². The van der Waals surface area contributed by atoms with Crippen LogP contribution in [0.25, 0.3) is 0 Å². The van der Waals surface area contributed by atoms with Gasteiger partial charge in [-0.2, -0.15) is 5.26 Å². The molecule has 0 atom stereocenters. The minimum atomic E-state index is -0.858. The van der Waals surface area contributed by atoms with E-state index >= 15 is 0 Å². The highest BCUT2D eigenvalue weighted by Crippen LogP contribution is 2.14. The lowest BCUT2D eigenvalue weighted by Crippen LogP contribution is -2.08. The van der Waals surface area contributed by atoms with Gasteiger partial charge in [-0.15, -0.1) is 0 Å². The number of hydrogen-bond acceptors (Lipinski definition) is 4. The van der Waals surface area contributed by atoms with Crippen LogP contribution in [-0.4, -0.2) is 16.1 Å². The van der Waals surface area contributed by atoms with Gasteiger partial charge in [-0.3, -0.25) is 4.79 Å². The predicted octanol–water partition coefficient (Wildman–Crippen LogP) is 2.50. The summed E-state index contributed by atoms with van der Waals surface area (Å²) in [5.41, 5.74) is 2.98. The van der Waals surface area contributed by atoms with Gasteiger partial charge in [0.25, 0.3) is 0 Å². The summed E-state index contributed by atoms with van der Waals surface area (Å²) in [6.45, 7) is 2.29. The molecule has 0 spiro atoms. The van der Waals surface area contributed by atoms with Gasteiger partial charge in [-0.05, 0) is 30.2 Å². The Balaban J connectivity index is 2.15. The predicted molar refractivity (Wildman–Crippen MR) is 78.8 cm³/mol. The second-order valence-corrected chi connectivity index (χ2v) is 4.69. The third-order valence-electron chi connectivity index (χ3n) is 3.00. The van der Waals surface area contributed by atoms with E-state index in [2.05, 4.69) is 16.4 Å². The SMILES string of the molecule is Cc1cc(C#N)cc(NCc2ccccc2CC(=O)O)n1. The number of anilines is 1. The van der Waals surface area contributed by atoms with Crippen LogP contribution in [0.4, 0.5) is 5.82 Å². The van der Waals surface area contributed by atoms with E-state index in [1.807, 2.05) is 25.1 Å². The number of nitrogens with one attached hydrogen (secondary N) is 1. The van der Waals surface area contributed by atoms with Gasteiger partial charge in [0, 0.05) is 12.2 Å². The van der Waals surface area contributed by atoms with Gasteiger partial charge >= 0.3 is 5.97 Å². The smallest absolute Gasteiger partial charge is 0.307 e. The highest BCUT2D eigenvalue weighted by atomic mass is 16.4. The van der Waals surface area contributed by atoms with E-state index in [9.17, 15) is 4.79 Å². The Morgan fingerprint density at radius 2 is 2.05 bits per heavy atom. The number of nitriles is 1. The molecule has 2 N–H and O–H groups in total. The van der Waals surface area contributed by atoms with Crippen LogP contribution in [0.5, 0.6) is 0 Å². The number of hydrogen-bond donors (Lipinski definition) is 2. The standard InChI is InChI=1S/C16H15N3O2/c1-11-6-12(9-17)7-15(19-11)18-10-14-5-3-2-4-13(14)8-16(20)21/h2-7H,8,10H2,1H3,(H,18,19)(H,20,21). The zero-order valence-electron chi connectivity index (χ0n) is 11.6. The minimum absolute atomic E-state index is 0.0114. The molecule has 0 bridgehead atoms. The van der Waals surface area contributed by atoms with Gasteiger partial charge < -0.3 is 10.4 Å². The number of rotatable bonds is 5. The minimum Gasteiger partial charge on any atom is -0.481 e. The summed E-state index contributed by atoms with van der Waals surface area (Å²) in [4.78, 5) is 15.2. The van der Waals surface area contributed by atoms with Gasteiger partial charge in [0.2, 0.25) is 0 Å². The molecule has 1 aromatic heterocycles. The van der Waals surface area contributed by atoms with Crippen LogP contribution >= 0.6 is 0 Å². The Bertz CT molecular complexity index is 705. The van der Waals surface area contributed by atoms with E-state index in [0.29, 0.717) is 17.9 Å². The van der Waals surface area contributed by atoms with Crippen molar-refractivity contribution in [1.82, 2.24) is 4.98 Å². The van der Waals surface area contributed by atoms with Gasteiger partial charge in [-0.1, -0.05) is 24.3 Å². The Hall–Kier alpha value is -2.87. The third kappa shape index (κ3) is 4.05. The molecule has 2 aromatic rings. The number of aromatic nitrogens is 1. The Kier molecular flexibility index (Phi) is 4.52. The first kappa shape index (κ1) is 14.5. The average molecular weight is 281 g/mol. The monoisotopic (exact) mass is 281 g/mol. The third-order valence-corrected chi connectivity index (χ3v) is 3.00. The molecular formula is C16H15N3O2. The Morgan fingerprint density at radius 3 is 2.71 bits per heavy atom. The molecule has 2 rings (SSSR count). The van der Waals surface area contributed by atoms with Crippen LogP contribution in [0.2, 0.25) is 0 Å². The van der Waals surface area contributed by atoms with Gasteiger partial charge in [0.05, 0.1) is 18.1 Å². The summed E-state index contributed by atoms with van der Waals surface area (Å²) >= 11 is 0. The molecule has 21 heavy (non-hydrogen) atoms. The molecular weight excluding hydrogens is 266 g/mol. The Morgan fingerprint density at radius 1 is 1.33 bits per heavy atom. The fourth-order valence-corrected chi connectivity index (χ4v) is 2.07. The molecule has 106 valence electrons. The van der Waals surface area contributed by atoms with Crippen molar-refractivity contribution in [1.29, 1.82) is 5.26 Å². The summed E-state index contributed by atoms with van der Waals surface area (Å²) in [6.07, 6.45) is -0.0114. The first-order valence-electron chi connectivity index (χ1n) is 6.49. The summed E-state index contributed by atoms with van der Waals surface area (Å²) in [6, 6.07) is 12.8. The van der Waals surface area contributed by atoms with Crippen LogP contribution in [0.15, 0.2) is 36.4 Å². The van der Waals surface area contributed by atoms with Crippen LogP contribution in [0, 0.1) is 18.3 Å². The zero-order chi connectivity index (χ0) is 15.2. The molecule has 1 aromatic carbocycles. The van der Waals surface area contributed by atoms with Crippen LogP contribution in [-0.2, 0) is 17.8 Å². The molecule has 0 saturated carbocycles. The molecule has 0 radical (unpaired) electrons. The lowest BCUT2D eigenvalue weighted by molar-refractivity contribution is -0.136. The van der Waals surface area contributed by atoms with Crippen molar-refractivity contribution < 1.29 is 9.90 Å². The molecule has 0 saturated heterocycles. The average Bonchev–Trinajstić information content (AvgIpc) is 2.45. The maximum atomic E-state index is 10.9. The zero-order valence-corrected chi connectivity index (χ0v) is 11.6. The largest absolute Gasteiger partial charge is 0.481 e. The quantitative estimate of drug-likeness (QED) is 0.879. The molecule has 5 nitrogen and oxygen atoms in total. The maximum absolute atomic E-state index is 10.9. The number of carboxylic acids is 1. The highest BCUT2D eigenvalue weighted by molar-refractivity contribution is 5.70. The molecule has 0 aliphatic rings. The lowest BCUT2D eigenvalue weighted by Gasteiger charge is -2.10. The topological polar surface area (TPSA) is 86.0 Å². The van der Waals surface area contributed by atoms with Crippen molar-refractivity contribution in [3.8, 4) is 6.07 Å². The van der Waals surface area contributed by atoms with E-state index in [1.165, 1.54) is 0 Å². The van der Waals surface area contributed by atoms with Gasteiger partial charge in [-0.25, -0.2) is 4.98 Å². The van der Waals surface area contributed by atoms with Crippen molar-refractivity contribution >= 4 is 11.8 Å². The first-order valence-corrected chi connectivity index (χ1v) is 6.49. The number of carboxylic acid groups (broad SMARTS) is 1. The fraction of sp³-hybridized carbons (Fsp3) is 0.188. The van der Waals surface area contributed by atoms with E-state index in [-0.39, 0.29) is 6.42 Å². The highest BCUT2D eigenvalue weighted by Gasteiger charge is 2.07. The lowest BCUT2D eigenvalue weighted by atomic mass is 10.0. The van der Waals surface area contributed by atoms with Crippen molar-refractivity contribution in [3.63, 3.8) is 0 Å². The first-order chi connectivity index (χ1) is 10.1. The van der Waals surface area contributed by atoms with Crippen molar-refractivity contribution in [2.45, 2.75) is 19.9 Å².